The maximum absolute atomic E-state index is 12.0. The van der Waals surface area contributed by atoms with Crippen LogP contribution in [0.2, 0.25) is 0 Å². The standard InChI is InChI=1S/C11H17N3OS/c1-2-4-14-11(12-8-13-14)6-10(15)9-3-5-16-7-9/h8-9H,2-7H2,1H3. The Morgan fingerprint density at radius 3 is 3.25 bits per heavy atom. The van der Waals surface area contributed by atoms with Crippen LogP contribution in [-0.2, 0) is 17.8 Å². The molecule has 0 bridgehead atoms. The molecule has 1 aromatic heterocycles. The van der Waals surface area contributed by atoms with Gasteiger partial charge in [0.2, 0.25) is 0 Å². The molecule has 16 heavy (non-hydrogen) atoms. The molecule has 2 rings (SSSR count). The summed E-state index contributed by atoms with van der Waals surface area (Å²) in [6.45, 7) is 2.95. The van der Waals surface area contributed by atoms with Crippen LogP contribution in [0.15, 0.2) is 6.33 Å². The Balaban J connectivity index is 1.96. The highest BCUT2D eigenvalue weighted by molar-refractivity contribution is 7.99. The Bertz CT molecular complexity index is 358. The largest absolute Gasteiger partial charge is 0.299 e. The first-order valence-corrected chi connectivity index (χ1v) is 6.94. The van der Waals surface area contributed by atoms with Crippen LogP contribution in [0.4, 0.5) is 0 Å². The molecule has 0 N–H and O–H groups in total. The SMILES string of the molecule is CCCn1ncnc1CC(=O)C1CCSC1. The highest BCUT2D eigenvalue weighted by Crippen LogP contribution is 2.24. The molecule has 4 nitrogen and oxygen atoms in total. The minimum absolute atomic E-state index is 0.247. The Hall–Kier alpha value is -0.840. The summed E-state index contributed by atoms with van der Waals surface area (Å²) >= 11 is 1.87. The molecule has 1 unspecified atom stereocenters. The molecule has 0 saturated carbocycles. The van der Waals surface area contributed by atoms with Gasteiger partial charge in [0.05, 0.1) is 6.42 Å². The summed E-state index contributed by atoms with van der Waals surface area (Å²) in [5.41, 5.74) is 0. The van der Waals surface area contributed by atoms with Crippen molar-refractivity contribution in [1.29, 1.82) is 0 Å². The van der Waals surface area contributed by atoms with E-state index in [4.69, 9.17) is 0 Å². The van der Waals surface area contributed by atoms with Crippen LogP contribution in [0.1, 0.15) is 25.6 Å². The number of Topliss-reactive ketones (excluding diaryl/α,β-unsaturated/α-hetero) is 1. The van der Waals surface area contributed by atoms with Crippen LogP contribution in [0.25, 0.3) is 0 Å². The molecule has 2 heterocycles. The molecule has 0 aromatic carbocycles. The van der Waals surface area contributed by atoms with Crippen molar-refractivity contribution >= 4 is 17.5 Å². The van der Waals surface area contributed by atoms with E-state index < -0.39 is 0 Å². The molecule has 1 aliphatic rings. The van der Waals surface area contributed by atoms with E-state index in [9.17, 15) is 4.79 Å². The van der Waals surface area contributed by atoms with Crippen molar-refractivity contribution in [2.24, 2.45) is 5.92 Å². The smallest absolute Gasteiger partial charge is 0.144 e. The second kappa shape index (κ2) is 5.48. The molecular weight excluding hydrogens is 222 g/mol. The number of nitrogens with zero attached hydrogens (tertiary/aromatic N) is 3. The molecule has 0 spiro atoms. The van der Waals surface area contributed by atoms with Crippen LogP contribution in [0.5, 0.6) is 0 Å². The molecule has 1 aliphatic heterocycles. The Labute approximate surface area is 99.8 Å². The van der Waals surface area contributed by atoms with Crippen LogP contribution < -0.4 is 0 Å². The number of hydrogen-bond acceptors (Lipinski definition) is 4. The minimum atomic E-state index is 0.247. The maximum Gasteiger partial charge on any atom is 0.144 e. The molecule has 0 radical (unpaired) electrons. The van der Waals surface area contributed by atoms with Gasteiger partial charge in [-0.25, -0.2) is 9.67 Å². The van der Waals surface area contributed by atoms with Gasteiger partial charge in [0, 0.05) is 18.2 Å². The first-order chi connectivity index (χ1) is 7.81. The summed E-state index contributed by atoms with van der Waals surface area (Å²) < 4.78 is 1.85. The highest BCUT2D eigenvalue weighted by Gasteiger charge is 2.24. The van der Waals surface area contributed by atoms with Crippen molar-refractivity contribution in [2.45, 2.75) is 32.7 Å². The van der Waals surface area contributed by atoms with Gasteiger partial charge in [-0.2, -0.15) is 16.9 Å². The van der Waals surface area contributed by atoms with Crippen LogP contribution in [-0.4, -0.2) is 32.1 Å². The van der Waals surface area contributed by atoms with Crippen molar-refractivity contribution < 1.29 is 4.79 Å². The Morgan fingerprint density at radius 2 is 2.56 bits per heavy atom. The first-order valence-electron chi connectivity index (χ1n) is 5.78. The van der Waals surface area contributed by atoms with Crippen molar-refractivity contribution in [3.05, 3.63) is 12.2 Å². The molecule has 88 valence electrons. The van der Waals surface area contributed by atoms with E-state index in [1.807, 2.05) is 16.4 Å². The van der Waals surface area contributed by atoms with Crippen LogP contribution >= 0.6 is 11.8 Å². The van der Waals surface area contributed by atoms with Gasteiger partial charge in [-0.15, -0.1) is 0 Å². The molecule has 1 atom stereocenters. The fourth-order valence-corrected chi connectivity index (χ4v) is 3.17. The predicted octanol–water partition coefficient (Wildman–Crippen LogP) is 1.55. The van der Waals surface area contributed by atoms with Gasteiger partial charge in [0.1, 0.15) is 17.9 Å². The number of aryl methyl sites for hydroxylation is 1. The van der Waals surface area contributed by atoms with E-state index in [1.54, 1.807) is 6.33 Å². The number of thioether (sulfide) groups is 1. The number of rotatable bonds is 5. The van der Waals surface area contributed by atoms with Gasteiger partial charge >= 0.3 is 0 Å². The Morgan fingerprint density at radius 1 is 1.69 bits per heavy atom. The van der Waals surface area contributed by atoms with Crippen molar-refractivity contribution in [3.63, 3.8) is 0 Å². The third kappa shape index (κ3) is 2.64. The topological polar surface area (TPSA) is 47.8 Å². The lowest BCUT2D eigenvalue weighted by molar-refractivity contribution is -0.121. The normalized spacial score (nSPS) is 20.2. The number of aromatic nitrogens is 3. The van der Waals surface area contributed by atoms with Crippen LogP contribution in [0, 0.1) is 5.92 Å². The van der Waals surface area contributed by atoms with E-state index in [-0.39, 0.29) is 5.92 Å². The molecule has 5 heteroatoms. The van der Waals surface area contributed by atoms with E-state index in [0.717, 1.165) is 36.7 Å². The number of ketones is 1. The summed E-state index contributed by atoms with van der Waals surface area (Å²) in [6, 6.07) is 0. The lowest BCUT2D eigenvalue weighted by atomic mass is 10.0. The molecule has 0 aliphatic carbocycles. The monoisotopic (exact) mass is 239 g/mol. The van der Waals surface area contributed by atoms with Crippen LogP contribution in [0.3, 0.4) is 0 Å². The van der Waals surface area contributed by atoms with Gasteiger partial charge in [-0.3, -0.25) is 4.79 Å². The molecule has 1 saturated heterocycles. The fourth-order valence-electron chi connectivity index (χ4n) is 1.91. The quantitative estimate of drug-likeness (QED) is 0.782. The highest BCUT2D eigenvalue weighted by atomic mass is 32.2. The third-order valence-corrected chi connectivity index (χ3v) is 4.01. The molecular formula is C11H17N3OS. The molecule has 0 amide bonds. The zero-order valence-electron chi connectivity index (χ0n) is 9.56. The Kier molecular flexibility index (Phi) is 3.98. The van der Waals surface area contributed by atoms with Gasteiger partial charge in [-0.1, -0.05) is 6.92 Å². The third-order valence-electron chi connectivity index (χ3n) is 2.85. The van der Waals surface area contributed by atoms with Gasteiger partial charge < -0.3 is 0 Å². The lowest BCUT2D eigenvalue weighted by Gasteiger charge is -2.07. The average molecular weight is 239 g/mol. The predicted molar refractivity (Wildman–Crippen MR) is 64.5 cm³/mol. The fraction of sp³-hybridized carbons (Fsp3) is 0.727. The van der Waals surface area contributed by atoms with Gasteiger partial charge in [0.15, 0.2) is 0 Å². The zero-order chi connectivity index (χ0) is 11.4. The number of carbonyl (C=O) groups excluding carboxylic acids is 1. The van der Waals surface area contributed by atoms with Crippen molar-refractivity contribution in [3.8, 4) is 0 Å². The van der Waals surface area contributed by atoms with Crippen molar-refractivity contribution in [2.75, 3.05) is 11.5 Å². The second-order valence-corrected chi connectivity index (χ2v) is 5.25. The summed E-state index contributed by atoms with van der Waals surface area (Å²) in [4.78, 5) is 16.1. The minimum Gasteiger partial charge on any atom is -0.299 e. The zero-order valence-corrected chi connectivity index (χ0v) is 10.4. The van der Waals surface area contributed by atoms with E-state index >= 15 is 0 Å². The van der Waals surface area contributed by atoms with Crippen molar-refractivity contribution in [1.82, 2.24) is 14.8 Å². The second-order valence-electron chi connectivity index (χ2n) is 4.10. The van der Waals surface area contributed by atoms with Gasteiger partial charge in [-0.05, 0) is 18.6 Å². The summed E-state index contributed by atoms with van der Waals surface area (Å²) in [6.07, 6.45) is 4.04. The number of hydrogen-bond donors (Lipinski definition) is 0. The number of carbonyl (C=O) groups is 1. The molecule has 1 fully saturated rings. The first kappa shape index (κ1) is 11.6. The summed E-state index contributed by atoms with van der Waals surface area (Å²) in [5.74, 6) is 3.51. The maximum atomic E-state index is 12.0. The van der Waals surface area contributed by atoms with E-state index in [0.29, 0.717) is 12.2 Å². The van der Waals surface area contributed by atoms with E-state index in [2.05, 4.69) is 17.0 Å². The average Bonchev–Trinajstić information content (AvgIpc) is 2.90. The summed E-state index contributed by atoms with van der Waals surface area (Å²) in [7, 11) is 0. The lowest BCUT2D eigenvalue weighted by Crippen LogP contribution is -2.19. The molecule has 1 aromatic rings. The van der Waals surface area contributed by atoms with Gasteiger partial charge in [0.25, 0.3) is 0 Å². The van der Waals surface area contributed by atoms with E-state index in [1.165, 1.54) is 0 Å². The summed E-state index contributed by atoms with van der Waals surface area (Å²) in [5, 5.41) is 4.13.